The van der Waals surface area contributed by atoms with Crippen LogP contribution in [0.1, 0.15) is 117 Å². The van der Waals surface area contributed by atoms with Gasteiger partial charge in [-0.1, -0.05) is 95.9 Å². The van der Waals surface area contributed by atoms with Crippen molar-refractivity contribution < 1.29 is 0 Å². The summed E-state index contributed by atoms with van der Waals surface area (Å²) in [6, 6.07) is 0.805. The Labute approximate surface area is 166 Å². The quantitative estimate of drug-likeness (QED) is 0.165. The van der Waals surface area contributed by atoms with Crippen molar-refractivity contribution in [1.82, 2.24) is 4.90 Å². The van der Waals surface area contributed by atoms with Crippen molar-refractivity contribution in [2.24, 2.45) is 0 Å². The molecule has 0 aromatic heterocycles. The smallest absolute Gasteiger partial charge is 0.00891 e. The van der Waals surface area contributed by atoms with Gasteiger partial charge in [0.2, 0.25) is 0 Å². The minimum atomic E-state index is 0.805. The average molecular weight is 364 g/mol. The van der Waals surface area contributed by atoms with Crippen molar-refractivity contribution in [3.8, 4) is 0 Å². The molecule has 0 spiro atoms. The van der Waals surface area contributed by atoms with Crippen LogP contribution in [-0.4, -0.2) is 25.0 Å². The van der Waals surface area contributed by atoms with Crippen LogP contribution in [0.4, 0.5) is 0 Å². The molecular formula is C25H49N. The van der Waals surface area contributed by atoms with E-state index < -0.39 is 0 Å². The van der Waals surface area contributed by atoms with E-state index in [-0.39, 0.29) is 0 Å². The van der Waals surface area contributed by atoms with Gasteiger partial charge in [-0.25, -0.2) is 0 Å². The molecule has 1 atom stereocenters. The summed E-state index contributed by atoms with van der Waals surface area (Å²) >= 11 is 0. The molecule has 1 heteroatoms. The molecule has 154 valence electrons. The Morgan fingerprint density at radius 3 is 1.62 bits per heavy atom. The van der Waals surface area contributed by atoms with Crippen LogP contribution < -0.4 is 0 Å². The first-order valence-electron chi connectivity index (χ1n) is 11.7. The first kappa shape index (κ1) is 25.4. The third-order valence-corrected chi connectivity index (χ3v) is 5.36. The topological polar surface area (TPSA) is 3.24 Å². The largest absolute Gasteiger partial charge is 0.306 e. The fourth-order valence-corrected chi connectivity index (χ4v) is 3.48. The van der Waals surface area contributed by atoms with Crippen LogP contribution in [0.25, 0.3) is 0 Å². The Balaban J connectivity index is 3.44. The molecular weight excluding hydrogens is 314 g/mol. The van der Waals surface area contributed by atoms with Crippen molar-refractivity contribution in [3.63, 3.8) is 0 Å². The summed E-state index contributed by atoms with van der Waals surface area (Å²) in [5, 5.41) is 0. The maximum absolute atomic E-state index is 2.44. The maximum atomic E-state index is 2.44. The van der Waals surface area contributed by atoms with Gasteiger partial charge in [-0.2, -0.15) is 0 Å². The van der Waals surface area contributed by atoms with Gasteiger partial charge in [-0.3, -0.25) is 0 Å². The number of hydrogen-bond donors (Lipinski definition) is 0. The first-order valence-corrected chi connectivity index (χ1v) is 11.7. The number of rotatable bonds is 19. The Morgan fingerprint density at radius 1 is 0.577 bits per heavy atom. The molecule has 0 aromatic rings. The highest BCUT2D eigenvalue weighted by atomic mass is 15.1. The molecule has 0 aliphatic rings. The first-order chi connectivity index (χ1) is 12.7. The lowest BCUT2D eigenvalue weighted by Gasteiger charge is -2.24. The van der Waals surface area contributed by atoms with Gasteiger partial charge in [0.25, 0.3) is 0 Å². The van der Waals surface area contributed by atoms with Gasteiger partial charge in [0.15, 0.2) is 0 Å². The molecule has 1 unspecified atom stereocenters. The highest BCUT2D eigenvalue weighted by molar-refractivity contribution is 4.92. The molecule has 0 fully saturated rings. The highest BCUT2D eigenvalue weighted by Gasteiger charge is 2.10. The minimum absolute atomic E-state index is 0.805. The molecule has 0 rings (SSSR count). The van der Waals surface area contributed by atoms with Crippen molar-refractivity contribution in [2.75, 3.05) is 14.1 Å². The molecule has 0 amide bonds. The number of hydrogen-bond acceptors (Lipinski definition) is 1. The monoisotopic (exact) mass is 363 g/mol. The molecule has 26 heavy (non-hydrogen) atoms. The van der Waals surface area contributed by atoms with Crippen molar-refractivity contribution >= 4 is 0 Å². The summed E-state index contributed by atoms with van der Waals surface area (Å²) in [5.74, 6) is 0. The predicted octanol–water partition coefficient (Wildman–Crippen LogP) is 8.31. The van der Waals surface area contributed by atoms with Gasteiger partial charge in [0, 0.05) is 6.04 Å². The van der Waals surface area contributed by atoms with Crippen molar-refractivity contribution in [2.45, 2.75) is 123 Å². The molecule has 0 bridgehead atoms. The third kappa shape index (κ3) is 18.2. The second kappa shape index (κ2) is 20.7. The summed E-state index contributed by atoms with van der Waals surface area (Å²) in [6.07, 6.45) is 31.0. The summed E-state index contributed by atoms with van der Waals surface area (Å²) in [4.78, 5) is 2.44. The van der Waals surface area contributed by atoms with Crippen LogP contribution in [0.3, 0.4) is 0 Å². The Morgan fingerprint density at radius 2 is 1.04 bits per heavy atom. The van der Waals surface area contributed by atoms with Gasteiger partial charge in [0.1, 0.15) is 0 Å². The van der Waals surface area contributed by atoms with Crippen LogP contribution in [0.15, 0.2) is 24.3 Å². The van der Waals surface area contributed by atoms with Gasteiger partial charge in [-0.05, 0) is 59.0 Å². The third-order valence-electron chi connectivity index (χ3n) is 5.36. The fraction of sp³-hybridized carbons (Fsp3) is 0.840. The van der Waals surface area contributed by atoms with Crippen LogP contribution in [0.5, 0.6) is 0 Å². The molecule has 0 aromatic carbocycles. The van der Waals surface area contributed by atoms with Gasteiger partial charge in [0.05, 0.1) is 0 Å². The van der Waals surface area contributed by atoms with Crippen LogP contribution in [0.2, 0.25) is 0 Å². The van der Waals surface area contributed by atoms with Gasteiger partial charge in [-0.15, -0.1) is 0 Å². The molecule has 0 saturated carbocycles. The molecule has 1 nitrogen and oxygen atoms in total. The summed E-state index contributed by atoms with van der Waals surface area (Å²) < 4.78 is 0. The Kier molecular flexibility index (Phi) is 20.3. The molecule has 0 N–H and O–H groups in total. The standard InChI is InChI=1S/C25H49N/c1-5-7-9-10-11-12-13-14-15-16-17-18-19-20-22-24-25(26(3)4)23-21-8-6-2/h11-12,14-15,25H,5-10,13,16-24H2,1-4H3/b12-11-,15-14?. The Bertz CT molecular complexity index is 316. The fourth-order valence-electron chi connectivity index (χ4n) is 3.48. The lowest BCUT2D eigenvalue weighted by molar-refractivity contribution is 0.252. The zero-order valence-electron chi connectivity index (χ0n) is 18.6. The molecule has 0 aliphatic carbocycles. The van der Waals surface area contributed by atoms with Gasteiger partial charge < -0.3 is 4.90 Å². The zero-order valence-corrected chi connectivity index (χ0v) is 18.6. The summed E-state index contributed by atoms with van der Waals surface area (Å²) in [5.41, 5.74) is 0. The lowest BCUT2D eigenvalue weighted by atomic mass is 10.00. The molecule has 0 radical (unpaired) electrons. The second-order valence-electron chi connectivity index (χ2n) is 8.13. The summed E-state index contributed by atoms with van der Waals surface area (Å²) in [7, 11) is 4.51. The van der Waals surface area contributed by atoms with E-state index in [4.69, 9.17) is 0 Å². The molecule has 0 aliphatic heterocycles. The highest BCUT2D eigenvalue weighted by Crippen LogP contribution is 2.16. The summed E-state index contributed by atoms with van der Waals surface area (Å²) in [6.45, 7) is 4.56. The maximum Gasteiger partial charge on any atom is 0.00891 e. The van der Waals surface area contributed by atoms with E-state index in [2.05, 4.69) is 57.1 Å². The predicted molar refractivity (Wildman–Crippen MR) is 121 cm³/mol. The van der Waals surface area contributed by atoms with Crippen molar-refractivity contribution in [3.05, 3.63) is 24.3 Å². The van der Waals surface area contributed by atoms with Crippen LogP contribution in [-0.2, 0) is 0 Å². The van der Waals surface area contributed by atoms with E-state index in [1.807, 2.05) is 0 Å². The van der Waals surface area contributed by atoms with E-state index >= 15 is 0 Å². The Hall–Kier alpha value is -0.560. The normalized spacial score (nSPS) is 13.4. The number of allylic oxidation sites excluding steroid dienone is 4. The van der Waals surface area contributed by atoms with E-state index in [9.17, 15) is 0 Å². The van der Waals surface area contributed by atoms with E-state index in [1.165, 1.54) is 96.3 Å². The van der Waals surface area contributed by atoms with E-state index in [0.717, 1.165) is 12.5 Å². The average Bonchev–Trinajstić information content (AvgIpc) is 2.63. The number of nitrogens with zero attached hydrogens (tertiary/aromatic N) is 1. The minimum Gasteiger partial charge on any atom is -0.306 e. The van der Waals surface area contributed by atoms with E-state index in [0.29, 0.717) is 0 Å². The zero-order chi connectivity index (χ0) is 19.3. The lowest BCUT2D eigenvalue weighted by Crippen LogP contribution is -2.27. The SMILES string of the molecule is CCCCC/C=C\CC=CCCCCCCCC(CCCCC)N(C)C. The molecule has 0 saturated heterocycles. The van der Waals surface area contributed by atoms with Crippen LogP contribution in [0, 0.1) is 0 Å². The van der Waals surface area contributed by atoms with E-state index in [1.54, 1.807) is 0 Å². The van der Waals surface area contributed by atoms with Crippen molar-refractivity contribution in [1.29, 1.82) is 0 Å². The second-order valence-corrected chi connectivity index (χ2v) is 8.13. The van der Waals surface area contributed by atoms with Crippen LogP contribution >= 0.6 is 0 Å². The molecule has 0 heterocycles. The van der Waals surface area contributed by atoms with Gasteiger partial charge >= 0.3 is 0 Å². The number of unbranched alkanes of at least 4 members (excludes halogenated alkanes) is 10.